The van der Waals surface area contributed by atoms with E-state index in [4.69, 9.17) is 27.9 Å². The number of ether oxygens (including phenoxy) is 1. The summed E-state index contributed by atoms with van der Waals surface area (Å²) in [6, 6.07) is 4.11. The van der Waals surface area contributed by atoms with Crippen molar-refractivity contribution in [3.8, 4) is 0 Å². The molecule has 1 aromatic carbocycles. The normalized spacial score (nSPS) is 18.0. The van der Waals surface area contributed by atoms with Gasteiger partial charge in [0.15, 0.2) is 0 Å². The second kappa shape index (κ2) is 7.23. The standard InChI is InChI=1S/C16H18Cl2N2O3/c1-4-20-9(3)12(15(21)23-5-2)14(19-16(20)22)10-7-6-8-11(17)13(10)18/h6-8,14H,4-5H2,1-3H3,(H,19,22). The molecule has 0 saturated heterocycles. The van der Waals surface area contributed by atoms with Crippen LogP contribution in [0.25, 0.3) is 0 Å². The lowest BCUT2D eigenvalue weighted by Crippen LogP contribution is -2.48. The van der Waals surface area contributed by atoms with Gasteiger partial charge in [0.05, 0.1) is 28.3 Å². The van der Waals surface area contributed by atoms with Crippen LogP contribution < -0.4 is 5.32 Å². The first-order valence-corrected chi connectivity index (χ1v) is 8.07. The molecule has 23 heavy (non-hydrogen) atoms. The first-order valence-electron chi connectivity index (χ1n) is 7.32. The Balaban J connectivity index is 2.60. The number of allylic oxidation sites excluding steroid dienone is 1. The molecular weight excluding hydrogens is 339 g/mol. The van der Waals surface area contributed by atoms with Gasteiger partial charge in [0.25, 0.3) is 0 Å². The van der Waals surface area contributed by atoms with E-state index in [0.717, 1.165) is 0 Å². The number of hydrogen-bond donors (Lipinski definition) is 1. The Morgan fingerprint density at radius 2 is 2.04 bits per heavy atom. The number of nitrogens with one attached hydrogen (secondary N) is 1. The van der Waals surface area contributed by atoms with Gasteiger partial charge >= 0.3 is 12.0 Å². The van der Waals surface area contributed by atoms with Crippen molar-refractivity contribution in [1.82, 2.24) is 10.2 Å². The number of carbonyl (C=O) groups excluding carboxylic acids is 2. The summed E-state index contributed by atoms with van der Waals surface area (Å²) in [5.41, 5.74) is 1.47. The number of urea groups is 1. The molecule has 2 amide bonds. The zero-order chi connectivity index (χ0) is 17.1. The van der Waals surface area contributed by atoms with Crippen molar-refractivity contribution in [2.24, 2.45) is 0 Å². The monoisotopic (exact) mass is 356 g/mol. The molecule has 0 aromatic heterocycles. The van der Waals surface area contributed by atoms with Crippen LogP contribution >= 0.6 is 23.2 Å². The molecule has 0 spiro atoms. The lowest BCUT2D eigenvalue weighted by molar-refractivity contribution is -0.139. The van der Waals surface area contributed by atoms with Crippen LogP contribution in [0.1, 0.15) is 32.4 Å². The van der Waals surface area contributed by atoms with E-state index in [0.29, 0.717) is 33.4 Å². The molecular formula is C16H18Cl2N2O3. The van der Waals surface area contributed by atoms with E-state index in [1.807, 2.05) is 6.92 Å². The molecule has 1 unspecified atom stereocenters. The van der Waals surface area contributed by atoms with Crippen molar-refractivity contribution >= 4 is 35.2 Å². The third kappa shape index (κ3) is 3.31. The van der Waals surface area contributed by atoms with E-state index < -0.39 is 12.0 Å². The Kier molecular flexibility index (Phi) is 5.55. The minimum Gasteiger partial charge on any atom is -0.463 e. The third-order valence-electron chi connectivity index (χ3n) is 3.70. The molecule has 0 aliphatic carbocycles. The number of esters is 1. The number of halogens is 2. The fourth-order valence-corrected chi connectivity index (χ4v) is 3.03. The second-order valence-corrected chi connectivity index (χ2v) is 5.77. The molecule has 1 N–H and O–H groups in total. The second-order valence-electron chi connectivity index (χ2n) is 4.99. The summed E-state index contributed by atoms with van der Waals surface area (Å²) in [6.45, 7) is 5.97. The Morgan fingerprint density at radius 3 is 2.65 bits per heavy atom. The summed E-state index contributed by atoms with van der Waals surface area (Å²) >= 11 is 12.3. The molecule has 124 valence electrons. The van der Waals surface area contributed by atoms with Crippen molar-refractivity contribution in [1.29, 1.82) is 0 Å². The molecule has 2 rings (SSSR count). The lowest BCUT2D eigenvalue weighted by atomic mass is 9.95. The number of carbonyl (C=O) groups is 2. The SMILES string of the molecule is CCOC(=O)C1=C(C)N(CC)C(=O)NC1c1cccc(Cl)c1Cl. The van der Waals surface area contributed by atoms with E-state index in [2.05, 4.69) is 5.32 Å². The van der Waals surface area contributed by atoms with E-state index in [1.165, 1.54) is 4.90 Å². The van der Waals surface area contributed by atoms with Crippen LogP contribution in [0.4, 0.5) is 4.79 Å². The van der Waals surface area contributed by atoms with Crippen molar-refractivity contribution in [2.75, 3.05) is 13.2 Å². The van der Waals surface area contributed by atoms with Crippen LogP contribution in [0, 0.1) is 0 Å². The Hall–Kier alpha value is -1.72. The van der Waals surface area contributed by atoms with Crippen LogP contribution in [-0.4, -0.2) is 30.1 Å². The van der Waals surface area contributed by atoms with Crippen LogP contribution in [0.2, 0.25) is 10.0 Å². The highest BCUT2D eigenvalue weighted by atomic mass is 35.5. The Labute approximate surface area is 145 Å². The van der Waals surface area contributed by atoms with Crippen LogP contribution in [0.5, 0.6) is 0 Å². The van der Waals surface area contributed by atoms with Crippen molar-refractivity contribution in [2.45, 2.75) is 26.8 Å². The molecule has 1 aliphatic heterocycles. The highest BCUT2D eigenvalue weighted by Gasteiger charge is 2.36. The van der Waals surface area contributed by atoms with Crippen molar-refractivity contribution in [3.63, 3.8) is 0 Å². The maximum absolute atomic E-state index is 12.4. The van der Waals surface area contributed by atoms with Gasteiger partial charge < -0.3 is 10.1 Å². The molecule has 0 bridgehead atoms. The number of hydrogen-bond acceptors (Lipinski definition) is 3. The number of amides is 2. The predicted octanol–water partition coefficient (Wildman–Crippen LogP) is 3.92. The summed E-state index contributed by atoms with van der Waals surface area (Å²) in [4.78, 5) is 26.2. The van der Waals surface area contributed by atoms with Gasteiger partial charge in [-0.1, -0.05) is 35.3 Å². The zero-order valence-electron chi connectivity index (χ0n) is 13.2. The minimum absolute atomic E-state index is 0.242. The number of rotatable bonds is 4. The number of nitrogens with zero attached hydrogens (tertiary/aromatic N) is 1. The molecule has 0 fully saturated rings. The predicted molar refractivity (Wildman–Crippen MR) is 89.4 cm³/mol. The average Bonchev–Trinajstić information content (AvgIpc) is 2.50. The first-order chi connectivity index (χ1) is 10.9. The third-order valence-corrected chi connectivity index (χ3v) is 4.53. The van der Waals surface area contributed by atoms with Gasteiger partial charge in [-0.2, -0.15) is 0 Å². The summed E-state index contributed by atoms with van der Waals surface area (Å²) in [7, 11) is 0. The molecule has 1 atom stereocenters. The summed E-state index contributed by atoms with van der Waals surface area (Å²) in [6.07, 6.45) is 0. The van der Waals surface area contributed by atoms with Gasteiger partial charge in [0, 0.05) is 12.2 Å². The Morgan fingerprint density at radius 1 is 1.35 bits per heavy atom. The summed E-state index contributed by atoms with van der Waals surface area (Å²) < 4.78 is 5.15. The maximum Gasteiger partial charge on any atom is 0.338 e. The maximum atomic E-state index is 12.4. The molecule has 0 saturated carbocycles. The van der Waals surface area contributed by atoms with Crippen molar-refractivity contribution in [3.05, 3.63) is 45.1 Å². The van der Waals surface area contributed by atoms with Gasteiger partial charge in [-0.3, -0.25) is 4.90 Å². The van der Waals surface area contributed by atoms with Gasteiger partial charge in [-0.15, -0.1) is 0 Å². The van der Waals surface area contributed by atoms with Crippen LogP contribution in [-0.2, 0) is 9.53 Å². The van der Waals surface area contributed by atoms with E-state index in [9.17, 15) is 9.59 Å². The Bertz CT molecular complexity index is 673. The largest absolute Gasteiger partial charge is 0.463 e. The molecule has 0 radical (unpaired) electrons. The highest BCUT2D eigenvalue weighted by Crippen LogP contribution is 2.37. The van der Waals surface area contributed by atoms with E-state index >= 15 is 0 Å². The fourth-order valence-electron chi connectivity index (χ4n) is 2.61. The van der Waals surface area contributed by atoms with Gasteiger partial charge in [0.1, 0.15) is 0 Å². The topological polar surface area (TPSA) is 58.6 Å². The molecule has 5 nitrogen and oxygen atoms in total. The lowest BCUT2D eigenvalue weighted by Gasteiger charge is -2.35. The fraction of sp³-hybridized carbons (Fsp3) is 0.375. The van der Waals surface area contributed by atoms with Gasteiger partial charge in [-0.05, 0) is 32.4 Å². The van der Waals surface area contributed by atoms with Gasteiger partial charge in [-0.25, -0.2) is 9.59 Å². The summed E-state index contributed by atoms with van der Waals surface area (Å²) in [5, 5.41) is 3.47. The minimum atomic E-state index is -0.699. The van der Waals surface area contributed by atoms with Crippen LogP contribution in [0.15, 0.2) is 29.5 Å². The van der Waals surface area contributed by atoms with Gasteiger partial charge in [0.2, 0.25) is 0 Å². The molecule has 1 aliphatic rings. The molecule has 7 heteroatoms. The quantitative estimate of drug-likeness (QED) is 0.831. The molecule has 1 aromatic rings. The van der Waals surface area contributed by atoms with Crippen LogP contribution in [0.3, 0.4) is 0 Å². The van der Waals surface area contributed by atoms with E-state index in [-0.39, 0.29) is 12.6 Å². The zero-order valence-corrected chi connectivity index (χ0v) is 14.7. The smallest absolute Gasteiger partial charge is 0.338 e. The molecule has 1 heterocycles. The summed E-state index contributed by atoms with van der Waals surface area (Å²) in [5.74, 6) is -0.482. The first kappa shape index (κ1) is 17.6. The van der Waals surface area contributed by atoms with E-state index in [1.54, 1.807) is 32.0 Å². The van der Waals surface area contributed by atoms with Crippen molar-refractivity contribution < 1.29 is 14.3 Å². The highest BCUT2D eigenvalue weighted by molar-refractivity contribution is 6.42. The number of benzene rings is 1. The average molecular weight is 357 g/mol.